The van der Waals surface area contributed by atoms with Crippen LogP contribution in [0.25, 0.3) is 6.08 Å². The second-order valence-electron chi connectivity index (χ2n) is 4.95. The molecule has 1 aliphatic heterocycles. The molecule has 1 aromatic heterocycles. The zero-order valence-electron chi connectivity index (χ0n) is 11.2. The average molecular weight is 283 g/mol. The maximum Gasteiger partial charge on any atom is 0.247 e. The highest BCUT2D eigenvalue weighted by Crippen LogP contribution is 2.31. The third-order valence-corrected chi connectivity index (χ3v) is 4.49. The minimum Gasteiger partial charge on any atom is -0.332 e. The van der Waals surface area contributed by atoms with E-state index in [9.17, 15) is 4.79 Å². The van der Waals surface area contributed by atoms with Gasteiger partial charge in [0.25, 0.3) is 0 Å². The first kappa shape index (κ1) is 13.1. The molecule has 1 unspecified atom stereocenters. The van der Waals surface area contributed by atoms with Crippen molar-refractivity contribution in [2.45, 2.75) is 18.9 Å². The SMILES string of the molecule is O=C(/C=C/c1cccs1)N1CCCC1c1ccccc1. The fraction of sp³-hybridized carbons (Fsp3) is 0.235. The molecule has 3 heteroatoms. The van der Waals surface area contributed by atoms with Crippen LogP contribution >= 0.6 is 11.3 Å². The monoisotopic (exact) mass is 283 g/mol. The number of hydrogen-bond acceptors (Lipinski definition) is 2. The lowest BCUT2D eigenvalue weighted by Gasteiger charge is -2.23. The lowest BCUT2D eigenvalue weighted by atomic mass is 10.0. The average Bonchev–Trinajstić information content (AvgIpc) is 3.17. The number of carbonyl (C=O) groups is 1. The summed E-state index contributed by atoms with van der Waals surface area (Å²) in [5.41, 5.74) is 1.24. The van der Waals surface area contributed by atoms with Gasteiger partial charge in [-0.1, -0.05) is 36.4 Å². The minimum absolute atomic E-state index is 0.116. The van der Waals surface area contributed by atoms with Crippen LogP contribution in [0.3, 0.4) is 0 Å². The van der Waals surface area contributed by atoms with E-state index < -0.39 is 0 Å². The first-order chi connectivity index (χ1) is 9.84. The fourth-order valence-corrected chi connectivity index (χ4v) is 3.31. The van der Waals surface area contributed by atoms with Crippen molar-refractivity contribution in [2.75, 3.05) is 6.54 Å². The molecule has 1 fully saturated rings. The number of amides is 1. The molecule has 0 radical (unpaired) electrons. The van der Waals surface area contributed by atoms with Gasteiger partial charge in [0.05, 0.1) is 6.04 Å². The van der Waals surface area contributed by atoms with Crippen LogP contribution in [0.2, 0.25) is 0 Å². The van der Waals surface area contributed by atoms with Crippen LogP contribution in [0.1, 0.15) is 29.3 Å². The van der Waals surface area contributed by atoms with Gasteiger partial charge < -0.3 is 4.90 Å². The largest absolute Gasteiger partial charge is 0.332 e. The quantitative estimate of drug-likeness (QED) is 0.776. The Bertz CT molecular complexity index is 589. The lowest BCUT2D eigenvalue weighted by Crippen LogP contribution is -2.28. The Balaban J connectivity index is 1.74. The van der Waals surface area contributed by atoms with E-state index >= 15 is 0 Å². The fourth-order valence-electron chi connectivity index (χ4n) is 2.69. The molecule has 1 amide bonds. The third kappa shape index (κ3) is 2.83. The first-order valence-electron chi connectivity index (χ1n) is 6.92. The van der Waals surface area contributed by atoms with Gasteiger partial charge in [0.2, 0.25) is 5.91 Å². The number of nitrogens with zero attached hydrogens (tertiary/aromatic N) is 1. The van der Waals surface area contributed by atoms with Crippen LogP contribution in [0.15, 0.2) is 53.9 Å². The maximum atomic E-state index is 12.4. The van der Waals surface area contributed by atoms with Crippen molar-refractivity contribution in [3.8, 4) is 0 Å². The van der Waals surface area contributed by atoms with Crippen molar-refractivity contribution in [1.82, 2.24) is 4.90 Å². The number of benzene rings is 1. The zero-order chi connectivity index (χ0) is 13.8. The standard InChI is InChI=1S/C17H17NOS/c19-17(11-10-15-8-5-13-20-15)18-12-4-9-16(18)14-6-2-1-3-7-14/h1-3,5-8,10-11,13,16H,4,9,12H2/b11-10+. The maximum absolute atomic E-state index is 12.4. The molecule has 102 valence electrons. The molecular weight excluding hydrogens is 266 g/mol. The van der Waals surface area contributed by atoms with Gasteiger partial charge in [0, 0.05) is 17.5 Å². The summed E-state index contributed by atoms with van der Waals surface area (Å²) in [6, 6.07) is 14.6. The summed E-state index contributed by atoms with van der Waals surface area (Å²) in [5, 5.41) is 2.02. The molecule has 0 bridgehead atoms. The number of thiophene rings is 1. The second-order valence-corrected chi connectivity index (χ2v) is 5.93. The molecule has 0 spiro atoms. The molecule has 20 heavy (non-hydrogen) atoms. The Morgan fingerprint density at radius 1 is 1.20 bits per heavy atom. The van der Waals surface area contributed by atoms with E-state index in [1.165, 1.54) is 5.56 Å². The van der Waals surface area contributed by atoms with E-state index in [1.807, 2.05) is 46.7 Å². The second kappa shape index (κ2) is 6.06. The predicted octanol–water partition coefficient (Wildman–Crippen LogP) is 4.13. The van der Waals surface area contributed by atoms with Crippen LogP contribution in [0.4, 0.5) is 0 Å². The molecule has 1 aliphatic rings. The van der Waals surface area contributed by atoms with E-state index in [-0.39, 0.29) is 11.9 Å². The van der Waals surface area contributed by atoms with E-state index in [4.69, 9.17) is 0 Å². The highest BCUT2D eigenvalue weighted by Gasteiger charge is 2.28. The smallest absolute Gasteiger partial charge is 0.247 e. The Hall–Kier alpha value is -1.87. The van der Waals surface area contributed by atoms with Crippen molar-refractivity contribution in [1.29, 1.82) is 0 Å². The van der Waals surface area contributed by atoms with Crippen LogP contribution in [-0.4, -0.2) is 17.4 Å². The summed E-state index contributed by atoms with van der Waals surface area (Å²) in [6.45, 7) is 0.854. The van der Waals surface area contributed by atoms with Crippen molar-refractivity contribution < 1.29 is 4.79 Å². The molecular formula is C17H17NOS. The molecule has 1 saturated heterocycles. The van der Waals surface area contributed by atoms with Crippen LogP contribution in [0, 0.1) is 0 Å². The molecule has 2 nitrogen and oxygen atoms in total. The molecule has 2 aromatic rings. The van der Waals surface area contributed by atoms with E-state index in [0.29, 0.717) is 0 Å². The lowest BCUT2D eigenvalue weighted by molar-refractivity contribution is -0.126. The van der Waals surface area contributed by atoms with Gasteiger partial charge in [-0.3, -0.25) is 4.79 Å². The van der Waals surface area contributed by atoms with Gasteiger partial charge in [-0.25, -0.2) is 0 Å². The van der Waals surface area contributed by atoms with Crippen LogP contribution in [0.5, 0.6) is 0 Å². The topological polar surface area (TPSA) is 20.3 Å². The Labute approximate surface area is 123 Å². The molecule has 0 aliphatic carbocycles. The van der Waals surface area contributed by atoms with Gasteiger partial charge in [0.15, 0.2) is 0 Å². The number of likely N-dealkylation sites (tertiary alicyclic amines) is 1. The van der Waals surface area contributed by atoms with Crippen molar-refractivity contribution >= 4 is 23.3 Å². The van der Waals surface area contributed by atoms with Crippen molar-refractivity contribution in [3.05, 3.63) is 64.4 Å². The summed E-state index contributed by atoms with van der Waals surface area (Å²) < 4.78 is 0. The van der Waals surface area contributed by atoms with Crippen molar-refractivity contribution in [2.24, 2.45) is 0 Å². The number of carbonyl (C=O) groups excluding carboxylic acids is 1. The summed E-state index contributed by atoms with van der Waals surface area (Å²) in [6.07, 6.45) is 5.75. The van der Waals surface area contributed by atoms with Crippen LogP contribution in [-0.2, 0) is 4.79 Å². The molecule has 2 heterocycles. The zero-order valence-corrected chi connectivity index (χ0v) is 12.1. The molecule has 1 aromatic carbocycles. The summed E-state index contributed by atoms with van der Waals surface area (Å²) >= 11 is 1.65. The highest BCUT2D eigenvalue weighted by molar-refractivity contribution is 7.10. The van der Waals surface area contributed by atoms with Gasteiger partial charge in [-0.2, -0.15) is 0 Å². The Morgan fingerprint density at radius 2 is 2.05 bits per heavy atom. The third-order valence-electron chi connectivity index (χ3n) is 3.65. The minimum atomic E-state index is 0.116. The molecule has 0 N–H and O–H groups in total. The first-order valence-corrected chi connectivity index (χ1v) is 7.80. The number of hydrogen-bond donors (Lipinski definition) is 0. The highest BCUT2D eigenvalue weighted by atomic mass is 32.1. The van der Waals surface area contributed by atoms with E-state index in [0.717, 1.165) is 24.3 Å². The summed E-state index contributed by atoms with van der Waals surface area (Å²) in [5.74, 6) is 0.116. The van der Waals surface area contributed by atoms with Crippen LogP contribution < -0.4 is 0 Å². The van der Waals surface area contributed by atoms with Gasteiger partial charge in [0.1, 0.15) is 0 Å². The Kier molecular flexibility index (Phi) is 3.97. The van der Waals surface area contributed by atoms with E-state index in [1.54, 1.807) is 17.4 Å². The van der Waals surface area contributed by atoms with Gasteiger partial charge in [-0.05, 0) is 35.9 Å². The van der Waals surface area contributed by atoms with E-state index in [2.05, 4.69) is 12.1 Å². The van der Waals surface area contributed by atoms with Crippen molar-refractivity contribution in [3.63, 3.8) is 0 Å². The van der Waals surface area contributed by atoms with Gasteiger partial charge in [-0.15, -0.1) is 11.3 Å². The normalized spacial score (nSPS) is 18.8. The predicted molar refractivity (Wildman–Crippen MR) is 83.5 cm³/mol. The molecule has 1 atom stereocenters. The molecule has 3 rings (SSSR count). The van der Waals surface area contributed by atoms with Gasteiger partial charge >= 0.3 is 0 Å². The summed E-state index contributed by atoms with van der Waals surface area (Å²) in [4.78, 5) is 15.5. The summed E-state index contributed by atoms with van der Waals surface area (Å²) in [7, 11) is 0. The molecule has 0 saturated carbocycles. The Morgan fingerprint density at radius 3 is 2.80 bits per heavy atom. The number of rotatable bonds is 3.